The van der Waals surface area contributed by atoms with Crippen molar-refractivity contribution in [3.05, 3.63) is 56.0 Å². The minimum Gasteiger partial charge on any atom is -0.328 e. The number of aryl methyl sites for hydroxylation is 1. The van der Waals surface area contributed by atoms with Gasteiger partial charge in [0.05, 0.1) is 0 Å². The van der Waals surface area contributed by atoms with Crippen LogP contribution in [0.15, 0.2) is 33.9 Å². The number of anilines is 1. The van der Waals surface area contributed by atoms with Crippen molar-refractivity contribution in [2.75, 3.05) is 5.32 Å². The van der Waals surface area contributed by atoms with Gasteiger partial charge in [-0.2, -0.15) is 0 Å². The van der Waals surface area contributed by atoms with Crippen molar-refractivity contribution >= 4 is 34.4 Å². The lowest BCUT2D eigenvalue weighted by molar-refractivity contribution is 0.101. The zero-order chi connectivity index (χ0) is 16.7. The van der Waals surface area contributed by atoms with Crippen LogP contribution in [-0.2, 0) is 14.1 Å². The van der Waals surface area contributed by atoms with Gasteiger partial charge in [-0.1, -0.05) is 17.7 Å². The van der Waals surface area contributed by atoms with Crippen LogP contribution in [0, 0.1) is 0 Å². The van der Waals surface area contributed by atoms with Crippen molar-refractivity contribution in [3.63, 3.8) is 0 Å². The number of fused-ring (bicyclic) bond motifs is 1. The van der Waals surface area contributed by atoms with Crippen molar-refractivity contribution in [2.24, 2.45) is 14.1 Å². The van der Waals surface area contributed by atoms with Gasteiger partial charge in [0, 0.05) is 24.8 Å². The number of aromatic nitrogens is 4. The summed E-state index contributed by atoms with van der Waals surface area (Å²) in [7, 11) is 2.83. The van der Waals surface area contributed by atoms with Gasteiger partial charge in [0.1, 0.15) is 0 Å². The van der Waals surface area contributed by atoms with E-state index in [2.05, 4.69) is 15.3 Å². The molecule has 2 N–H and O–H groups in total. The molecule has 0 unspecified atom stereocenters. The minimum atomic E-state index is -0.544. The van der Waals surface area contributed by atoms with Crippen LogP contribution in [0.25, 0.3) is 11.2 Å². The summed E-state index contributed by atoms with van der Waals surface area (Å²) in [6, 6.07) is 6.62. The number of imidazole rings is 1. The fraction of sp³-hybridized carbons (Fsp3) is 0.143. The van der Waals surface area contributed by atoms with E-state index in [1.54, 1.807) is 24.3 Å². The molecular formula is C14H12ClN5O3. The number of carbonyl (C=O) groups excluding carboxylic acids is 1. The Morgan fingerprint density at radius 1 is 1.26 bits per heavy atom. The Balaban J connectivity index is 2.06. The number of hydrogen-bond donors (Lipinski definition) is 2. The van der Waals surface area contributed by atoms with E-state index in [1.807, 2.05) is 0 Å². The summed E-state index contributed by atoms with van der Waals surface area (Å²) in [4.78, 5) is 42.9. The van der Waals surface area contributed by atoms with Crippen molar-refractivity contribution in [1.29, 1.82) is 0 Å². The third kappa shape index (κ3) is 2.53. The normalized spacial score (nSPS) is 10.9. The lowest BCUT2D eigenvalue weighted by atomic mass is 10.3. The largest absolute Gasteiger partial charge is 0.332 e. The van der Waals surface area contributed by atoms with Gasteiger partial charge in [-0.15, -0.1) is 0 Å². The molecule has 23 heavy (non-hydrogen) atoms. The van der Waals surface area contributed by atoms with Crippen molar-refractivity contribution < 1.29 is 4.79 Å². The zero-order valence-electron chi connectivity index (χ0n) is 12.3. The number of amides is 1. The Kier molecular flexibility index (Phi) is 3.53. The second kappa shape index (κ2) is 5.40. The Hall–Kier alpha value is -2.87. The van der Waals surface area contributed by atoms with E-state index in [9.17, 15) is 14.4 Å². The fourth-order valence-corrected chi connectivity index (χ4v) is 2.38. The highest BCUT2D eigenvalue weighted by Crippen LogP contribution is 2.15. The van der Waals surface area contributed by atoms with Crippen LogP contribution in [0.4, 0.5) is 5.69 Å². The maximum atomic E-state index is 12.2. The van der Waals surface area contributed by atoms with Gasteiger partial charge in [-0.05, 0) is 18.2 Å². The second-order valence-corrected chi connectivity index (χ2v) is 5.39. The number of nitrogens with zero attached hydrogens (tertiary/aromatic N) is 3. The molecule has 118 valence electrons. The first-order valence-electron chi connectivity index (χ1n) is 6.61. The Morgan fingerprint density at radius 3 is 2.70 bits per heavy atom. The molecule has 0 saturated heterocycles. The van der Waals surface area contributed by atoms with Crippen molar-refractivity contribution in [3.8, 4) is 0 Å². The van der Waals surface area contributed by atoms with E-state index in [0.717, 1.165) is 4.57 Å². The smallest absolute Gasteiger partial charge is 0.328 e. The van der Waals surface area contributed by atoms with Gasteiger partial charge in [-0.25, -0.2) is 9.78 Å². The molecule has 1 aromatic carbocycles. The number of H-pyrrole nitrogens is 1. The van der Waals surface area contributed by atoms with Crippen LogP contribution in [0.3, 0.4) is 0 Å². The van der Waals surface area contributed by atoms with Gasteiger partial charge in [0.25, 0.3) is 11.5 Å². The molecule has 0 aliphatic rings. The summed E-state index contributed by atoms with van der Waals surface area (Å²) in [5.41, 5.74) is -0.363. The van der Waals surface area contributed by atoms with Gasteiger partial charge in [-0.3, -0.25) is 18.7 Å². The topological polar surface area (TPSA) is 102 Å². The third-order valence-electron chi connectivity index (χ3n) is 3.39. The average Bonchev–Trinajstić information content (AvgIpc) is 2.96. The highest BCUT2D eigenvalue weighted by Gasteiger charge is 2.17. The van der Waals surface area contributed by atoms with Crippen LogP contribution in [0.5, 0.6) is 0 Å². The van der Waals surface area contributed by atoms with Gasteiger partial charge in [0.2, 0.25) is 0 Å². The molecule has 0 spiro atoms. The summed E-state index contributed by atoms with van der Waals surface area (Å²) in [6.07, 6.45) is 0. The predicted molar refractivity (Wildman–Crippen MR) is 86.0 cm³/mol. The number of nitrogens with one attached hydrogen (secondary N) is 2. The van der Waals surface area contributed by atoms with Crippen LogP contribution in [0.1, 0.15) is 10.6 Å². The van der Waals surface area contributed by atoms with E-state index in [4.69, 9.17) is 11.6 Å². The van der Waals surface area contributed by atoms with Crippen molar-refractivity contribution in [1.82, 2.24) is 19.1 Å². The van der Waals surface area contributed by atoms with Gasteiger partial charge < -0.3 is 10.3 Å². The SMILES string of the molecule is Cn1c(=O)c2[nH]c(C(=O)Nc3cccc(Cl)c3)nc2n(C)c1=O. The number of aromatic amines is 1. The molecule has 0 fully saturated rings. The second-order valence-electron chi connectivity index (χ2n) is 4.95. The molecule has 0 saturated carbocycles. The predicted octanol–water partition coefficient (Wildman–Crippen LogP) is 0.866. The minimum absolute atomic E-state index is 0.0710. The molecule has 2 heterocycles. The molecule has 0 radical (unpaired) electrons. The highest BCUT2D eigenvalue weighted by molar-refractivity contribution is 6.30. The third-order valence-corrected chi connectivity index (χ3v) is 3.63. The van der Waals surface area contributed by atoms with Gasteiger partial charge >= 0.3 is 5.69 Å². The fourth-order valence-electron chi connectivity index (χ4n) is 2.19. The lowest BCUT2D eigenvalue weighted by Gasteiger charge is -2.02. The van der Waals surface area contributed by atoms with Crippen LogP contribution in [0.2, 0.25) is 5.02 Å². The molecule has 3 aromatic rings. The standard InChI is InChI=1S/C14H12ClN5O3/c1-19-11-9(13(22)20(2)14(19)23)17-10(18-11)12(21)16-8-5-3-4-7(15)6-8/h3-6H,1-2H3,(H,16,21)(H,17,18). The maximum absolute atomic E-state index is 12.2. The summed E-state index contributed by atoms with van der Waals surface area (Å²) >= 11 is 5.86. The van der Waals surface area contributed by atoms with Crippen LogP contribution in [-0.4, -0.2) is 25.0 Å². The van der Waals surface area contributed by atoms with E-state index >= 15 is 0 Å². The first kappa shape index (κ1) is 15.0. The monoisotopic (exact) mass is 333 g/mol. The van der Waals surface area contributed by atoms with Crippen LogP contribution < -0.4 is 16.6 Å². The summed E-state index contributed by atoms with van der Waals surface area (Å²) in [6.45, 7) is 0. The van der Waals surface area contributed by atoms with Crippen molar-refractivity contribution in [2.45, 2.75) is 0 Å². The molecular weight excluding hydrogens is 322 g/mol. The Bertz CT molecular complexity index is 1050. The molecule has 8 nitrogen and oxygen atoms in total. The number of benzene rings is 1. The molecule has 9 heteroatoms. The van der Waals surface area contributed by atoms with Gasteiger partial charge in [0.15, 0.2) is 17.0 Å². The van der Waals surface area contributed by atoms with E-state index < -0.39 is 17.2 Å². The maximum Gasteiger partial charge on any atom is 0.332 e. The number of rotatable bonds is 2. The molecule has 0 bridgehead atoms. The zero-order valence-corrected chi connectivity index (χ0v) is 13.0. The van der Waals surface area contributed by atoms with E-state index in [-0.39, 0.29) is 17.0 Å². The Morgan fingerprint density at radius 2 is 2.00 bits per heavy atom. The van der Waals surface area contributed by atoms with Crippen LogP contribution >= 0.6 is 11.6 Å². The quantitative estimate of drug-likeness (QED) is 0.726. The molecule has 2 aromatic heterocycles. The first-order chi connectivity index (χ1) is 10.9. The molecule has 3 rings (SSSR count). The Labute approximate surface area is 134 Å². The number of carbonyl (C=O) groups is 1. The molecule has 0 aliphatic heterocycles. The number of hydrogen-bond acceptors (Lipinski definition) is 4. The van der Waals surface area contributed by atoms with E-state index in [0.29, 0.717) is 10.7 Å². The summed E-state index contributed by atoms with van der Waals surface area (Å²) in [5.74, 6) is -0.615. The molecule has 0 atom stereocenters. The lowest BCUT2D eigenvalue weighted by Crippen LogP contribution is -2.36. The first-order valence-corrected chi connectivity index (χ1v) is 6.99. The highest BCUT2D eigenvalue weighted by atomic mass is 35.5. The van der Waals surface area contributed by atoms with E-state index in [1.165, 1.54) is 18.7 Å². The molecule has 1 amide bonds. The summed E-state index contributed by atoms with van der Waals surface area (Å²) < 4.78 is 2.14. The average molecular weight is 334 g/mol. The summed E-state index contributed by atoms with van der Waals surface area (Å²) in [5, 5.41) is 3.09. The molecule has 0 aliphatic carbocycles. The number of halogens is 1.